The Labute approximate surface area is 160 Å². The van der Waals surface area contributed by atoms with E-state index in [1.807, 2.05) is 20.0 Å². The van der Waals surface area contributed by atoms with Crippen LogP contribution in [0.15, 0.2) is 11.2 Å². The molecule has 0 saturated carbocycles. The highest BCUT2D eigenvalue weighted by Crippen LogP contribution is 2.13. The summed E-state index contributed by atoms with van der Waals surface area (Å²) in [6.07, 6.45) is 3.87. The van der Waals surface area contributed by atoms with Crippen LogP contribution in [0.25, 0.3) is 0 Å². The number of hydrogen-bond acceptors (Lipinski definition) is 4. The molecular weight excluding hydrogens is 425 g/mol. The molecule has 1 rings (SSSR count). The minimum atomic E-state index is 0. The van der Waals surface area contributed by atoms with Gasteiger partial charge in [-0.25, -0.2) is 4.98 Å². The molecule has 0 spiro atoms. The van der Waals surface area contributed by atoms with E-state index in [2.05, 4.69) is 32.9 Å². The molecule has 0 atom stereocenters. The molecule has 0 aromatic carbocycles. The number of guanidine groups is 1. The third-order valence-corrected chi connectivity index (χ3v) is 4.25. The number of carbonyl (C=O) groups excluding carboxylic acids is 1. The maximum atomic E-state index is 11.4. The molecule has 3 N–H and O–H groups in total. The number of aliphatic imine (C=N–C) groups is 1. The summed E-state index contributed by atoms with van der Waals surface area (Å²) in [5.74, 6) is 0.829. The zero-order chi connectivity index (χ0) is 16.4. The van der Waals surface area contributed by atoms with Gasteiger partial charge in [0, 0.05) is 50.1 Å². The first-order valence-corrected chi connectivity index (χ1v) is 8.54. The van der Waals surface area contributed by atoms with Gasteiger partial charge in [-0.3, -0.25) is 9.79 Å². The van der Waals surface area contributed by atoms with Gasteiger partial charge in [-0.15, -0.1) is 35.3 Å². The smallest absolute Gasteiger partial charge is 0.222 e. The van der Waals surface area contributed by atoms with Crippen LogP contribution in [-0.2, 0) is 17.6 Å². The van der Waals surface area contributed by atoms with E-state index in [-0.39, 0.29) is 35.8 Å². The monoisotopic (exact) mass is 453 g/mol. The number of nitrogens with zero attached hydrogens (tertiary/aromatic N) is 2. The number of hydrogen-bond donors (Lipinski definition) is 3. The topological polar surface area (TPSA) is 78.4 Å². The Hall–Kier alpha value is -0.900. The molecule has 0 aliphatic rings. The molecule has 0 saturated heterocycles. The number of nitrogens with one attached hydrogen (secondary N) is 3. The number of aromatic nitrogens is 1. The van der Waals surface area contributed by atoms with Crippen LogP contribution in [0.4, 0.5) is 0 Å². The van der Waals surface area contributed by atoms with E-state index in [0.29, 0.717) is 13.1 Å². The molecule has 1 heterocycles. The number of amides is 1. The summed E-state index contributed by atoms with van der Waals surface area (Å²) in [6.45, 7) is 7.92. The fourth-order valence-corrected chi connectivity index (χ4v) is 2.57. The van der Waals surface area contributed by atoms with Crippen molar-refractivity contribution in [2.45, 2.75) is 33.6 Å². The van der Waals surface area contributed by atoms with Crippen molar-refractivity contribution in [3.63, 3.8) is 0 Å². The van der Waals surface area contributed by atoms with Gasteiger partial charge in [0.15, 0.2) is 5.96 Å². The molecule has 23 heavy (non-hydrogen) atoms. The van der Waals surface area contributed by atoms with Crippen LogP contribution in [-0.4, -0.2) is 43.5 Å². The Bertz CT molecular complexity index is 490. The van der Waals surface area contributed by atoms with Gasteiger partial charge in [-0.05, 0) is 6.42 Å². The lowest BCUT2D eigenvalue weighted by molar-refractivity contribution is -0.123. The van der Waals surface area contributed by atoms with E-state index in [1.54, 1.807) is 18.4 Å². The maximum absolute atomic E-state index is 11.4. The first-order valence-electron chi connectivity index (χ1n) is 7.72. The Morgan fingerprint density at radius 1 is 1.26 bits per heavy atom. The molecule has 0 aliphatic heterocycles. The van der Waals surface area contributed by atoms with Gasteiger partial charge < -0.3 is 16.0 Å². The summed E-state index contributed by atoms with van der Waals surface area (Å²) >= 11 is 1.76. The van der Waals surface area contributed by atoms with Crippen molar-refractivity contribution < 1.29 is 4.79 Å². The van der Waals surface area contributed by atoms with Gasteiger partial charge in [-0.1, -0.05) is 20.8 Å². The summed E-state index contributed by atoms with van der Waals surface area (Å²) in [5.41, 5.74) is 0. The first kappa shape index (κ1) is 22.1. The van der Waals surface area contributed by atoms with Gasteiger partial charge in [0.25, 0.3) is 0 Å². The molecule has 132 valence electrons. The quantitative estimate of drug-likeness (QED) is 0.243. The minimum absolute atomic E-state index is 0. The molecule has 0 radical (unpaired) electrons. The molecule has 6 nitrogen and oxygen atoms in total. The summed E-state index contributed by atoms with van der Waals surface area (Å²) in [6, 6.07) is 0. The molecule has 0 bridgehead atoms. The second-order valence-electron chi connectivity index (χ2n) is 5.20. The number of thiazole rings is 1. The fourth-order valence-electron chi connectivity index (χ4n) is 1.71. The van der Waals surface area contributed by atoms with Crippen molar-refractivity contribution in [1.82, 2.24) is 20.9 Å². The number of halogens is 1. The molecule has 1 amide bonds. The van der Waals surface area contributed by atoms with Gasteiger partial charge in [0.1, 0.15) is 0 Å². The van der Waals surface area contributed by atoms with Crippen molar-refractivity contribution in [3.8, 4) is 0 Å². The average Bonchev–Trinajstić information content (AvgIpc) is 2.97. The van der Waals surface area contributed by atoms with Crippen molar-refractivity contribution in [1.29, 1.82) is 0 Å². The minimum Gasteiger partial charge on any atom is -0.356 e. The molecule has 0 fully saturated rings. The summed E-state index contributed by atoms with van der Waals surface area (Å²) in [4.78, 5) is 21.3. The van der Waals surface area contributed by atoms with Crippen LogP contribution in [0.3, 0.4) is 0 Å². The average molecular weight is 453 g/mol. The summed E-state index contributed by atoms with van der Waals surface area (Å²) < 4.78 is 0. The second-order valence-corrected chi connectivity index (χ2v) is 6.40. The number of carbonyl (C=O) groups is 1. The molecule has 8 heteroatoms. The van der Waals surface area contributed by atoms with E-state index in [4.69, 9.17) is 0 Å². The van der Waals surface area contributed by atoms with Crippen LogP contribution in [0.2, 0.25) is 0 Å². The predicted octanol–water partition coefficient (Wildman–Crippen LogP) is 1.80. The highest BCUT2D eigenvalue weighted by molar-refractivity contribution is 14.0. The van der Waals surface area contributed by atoms with Crippen LogP contribution in [0.1, 0.15) is 30.7 Å². The largest absolute Gasteiger partial charge is 0.356 e. The summed E-state index contributed by atoms with van der Waals surface area (Å²) in [5, 5.41) is 10.4. The van der Waals surface area contributed by atoms with Crippen molar-refractivity contribution >= 4 is 47.2 Å². The Balaban J connectivity index is 0.00000484. The SMILES string of the molecule is CCc1cnc(CCNC(=NC)NCCNC(=O)C(C)C)s1.I. The summed E-state index contributed by atoms with van der Waals surface area (Å²) in [7, 11) is 1.74. The van der Waals surface area contributed by atoms with E-state index in [9.17, 15) is 4.79 Å². The van der Waals surface area contributed by atoms with Crippen LogP contribution >= 0.6 is 35.3 Å². The predicted molar refractivity (Wildman–Crippen MR) is 108 cm³/mol. The van der Waals surface area contributed by atoms with E-state index in [0.717, 1.165) is 30.4 Å². The maximum Gasteiger partial charge on any atom is 0.222 e. The molecular formula is C15H28IN5OS. The first-order chi connectivity index (χ1) is 10.6. The van der Waals surface area contributed by atoms with E-state index < -0.39 is 0 Å². The standard InChI is InChI=1S/C15H27N5OS.HI/c1-5-12-10-20-13(22-12)6-7-18-15(16-4)19-9-8-17-14(21)11(2)3;/h10-11H,5-9H2,1-4H3,(H,17,21)(H2,16,18,19);1H. The lowest BCUT2D eigenvalue weighted by atomic mass is 10.2. The second kappa shape index (κ2) is 12.5. The Morgan fingerprint density at radius 3 is 2.48 bits per heavy atom. The fraction of sp³-hybridized carbons (Fsp3) is 0.667. The Morgan fingerprint density at radius 2 is 1.91 bits per heavy atom. The number of aryl methyl sites for hydroxylation is 1. The molecule has 1 aromatic rings. The zero-order valence-electron chi connectivity index (χ0n) is 14.3. The van der Waals surface area contributed by atoms with Crippen LogP contribution in [0, 0.1) is 5.92 Å². The van der Waals surface area contributed by atoms with Crippen molar-refractivity contribution in [3.05, 3.63) is 16.1 Å². The third kappa shape index (κ3) is 9.09. The van der Waals surface area contributed by atoms with Crippen molar-refractivity contribution in [2.75, 3.05) is 26.7 Å². The zero-order valence-corrected chi connectivity index (χ0v) is 17.5. The number of rotatable bonds is 8. The molecule has 0 aliphatic carbocycles. The normalized spacial score (nSPS) is 11.1. The van der Waals surface area contributed by atoms with Crippen molar-refractivity contribution in [2.24, 2.45) is 10.9 Å². The highest BCUT2D eigenvalue weighted by Gasteiger charge is 2.05. The lowest BCUT2D eigenvalue weighted by Gasteiger charge is -2.12. The Kier molecular flexibility index (Phi) is 12.0. The van der Waals surface area contributed by atoms with Crippen LogP contribution in [0.5, 0.6) is 0 Å². The van der Waals surface area contributed by atoms with Crippen LogP contribution < -0.4 is 16.0 Å². The van der Waals surface area contributed by atoms with Gasteiger partial charge in [0.2, 0.25) is 5.91 Å². The van der Waals surface area contributed by atoms with E-state index in [1.165, 1.54) is 4.88 Å². The lowest BCUT2D eigenvalue weighted by Crippen LogP contribution is -2.42. The molecule has 1 aromatic heterocycles. The van der Waals surface area contributed by atoms with Gasteiger partial charge in [-0.2, -0.15) is 0 Å². The van der Waals surface area contributed by atoms with Gasteiger partial charge in [0.05, 0.1) is 5.01 Å². The van der Waals surface area contributed by atoms with Gasteiger partial charge >= 0.3 is 0 Å². The highest BCUT2D eigenvalue weighted by atomic mass is 127. The van der Waals surface area contributed by atoms with E-state index >= 15 is 0 Å². The third-order valence-electron chi connectivity index (χ3n) is 3.05. The molecule has 0 unspecified atom stereocenters.